The molecular weight excluding hydrogens is 146 g/mol. The van der Waals surface area contributed by atoms with Crippen molar-refractivity contribution < 1.29 is 0 Å². The first-order valence-corrected chi connectivity index (χ1v) is 5.28. The van der Waals surface area contributed by atoms with Gasteiger partial charge in [-0.3, -0.25) is 0 Å². The van der Waals surface area contributed by atoms with Gasteiger partial charge in [0.05, 0.1) is 0 Å². The number of nitrogens with zero attached hydrogens (tertiary/aromatic N) is 1. The lowest BCUT2D eigenvalue weighted by atomic mass is 9.98. The molecule has 0 amide bonds. The van der Waals surface area contributed by atoms with Crippen LogP contribution in [0.5, 0.6) is 0 Å². The molecule has 74 valence electrons. The quantitative estimate of drug-likeness (QED) is 0.593. The van der Waals surface area contributed by atoms with Gasteiger partial charge >= 0.3 is 0 Å². The van der Waals surface area contributed by atoms with Crippen LogP contribution in [0.25, 0.3) is 0 Å². The van der Waals surface area contributed by atoms with E-state index in [4.69, 9.17) is 0 Å². The van der Waals surface area contributed by atoms with Gasteiger partial charge in [-0.2, -0.15) is 0 Å². The molecule has 12 heavy (non-hydrogen) atoms. The van der Waals surface area contributed by atoms with Crippen molar-refractivity contribution in [1.29, 1.82) is 0 Å². The first-order chi connectivity index (χ1) is 5.61. The molecule has 2 atom stereocenters. The number of rotatable bonds is 6. The van der Waals surface area contributed by atoms with Crippen molar-refractivity contribution in [1.82, 2.24) is 4.90 Å². The summed E-state index contributed by atoms with van der Waals surface area (Å²) in [5, 5.41) is 0. The van der Waals surface area contributed by atoms with E-state index in [2.05, 4.69) is 39.8 Å². The Morgan fingerprint density at radius 1 is 1.00 bits per heavy atom. The highest BCUT2D eigenvalue weighted by atomic mass is 15.1. The first-order valence-electron chi connectivity index (χ1n) is 5.28. The highest BCUT2D eigenvalue weighted by molar-refractivity contribution is 4.65. The Morgan fingerprint density at radius 2 is 1.58 bits per heavy atom. The zero-order chi connectivity index (χ0) is 9.56. The second kappa shape index (κ2) is 6.47. The monoisotopic (exact) mass is 171 g/mol. The maximum Gasteiger partial charge on any atom is 0.00866 e. The lowest BCUT2D eigenvalue weighted by Crippen LogP contribution is -2.27. The molecule has 0 aliphatic rings. The maximum absolute atomic E-state index is 2.35. The highest BCUT2D eigenvalue weighted by Gasteiger charge is 2.09. The van der Waals surface area contributed by atoms with Gasteiger partial charge in [0.1, 0.15) is 0 Å². The second-order valence-corrected chi connectivity index (χ2v) is 4.12. The Balaban J connectivity index is 3.58. The normalized spacial score (nSPS) is 16.5. The van der Waals surface area contributed by atoms with Crippen LogP contribution in [0.15, 0.2) is 0 Å². The molecule has 1 nitrogen and oxygen atoms in total. The van der Waals surface area contributed by atoms with E-state index in [1.165, 1.54) is 25.7 Å². The Labute approximate surface area is 78.1 Å². The third-order valence-corrected chi connectivity index (χ3v) is 2.89. The summed E-state index contributed by atoms with van der Waals surface area (Å²) in [7, 11) is 4.37. The third-order valence-electron chi connectivity index (χ3n) is 2.89. The number of hydrogen-bond acceptors (Lipinski definition) is 1. The molecule has 0 saturated carbocycles. The van der Waals surface area contributed by atoms with Crippen LogP contribution in [-0.4, -0.2) is 25.0 Å². The van der Waals surface area contributed by atoms with Crippen LogP contribution >= 0.6 is 0 Å². The van der Waals surface area contributed by atoms with E-state index in [0.717, 1.165) is 12.0 Å². The van der Waals surface area contributed by atoms with Crippen molar-refractivity contribution in [2.24, 2.45) is 5.92 Å². The fraction of sp³-hybridized carbons (Fsp3) is 1.00. The molecule has 1 heteroatoms. The zero-order valence-corrected chi connectivity index (χ0v) is 9.43. The van der Waals surface area contributed by atoms with Crippen LogP contribution in [0.2, 0.25) is 0 Å². The van der Waals surface area contributed by atoms with Gasteiger partial charge in [0.15, 0.2) is 0 Å². The van der Waals surface area contributed by atoms with Crippen molar-refractivity contribution in [2.45, 2.75) is 52.5 Å². The van der Waals surface area contributed by atoms with Crippen LogP contribution in [0.4, 0.5) is 0 Å². The summed E-state index contributed by atoms with van der Waals surface area (Å²) in [4.78, 5) is 2.35. The lowest BCUT2D eigenvalue weighted by Gasteiger charge is -2.23. The zero-order valence-electron chi connectivity index (χ0n) is 9.43. The summed E-state index contributed by atoms with van der Waals surface area (Å²) in [5.74, 6) is 0.902. The lowest BCUT2D eigenvalue weighted by molar-refractivity contribution is 0.254. The summed E-state index contributed by atoms with van der Waals surface area (Å²) in [6, 6.07) is 0.791. The molecule has 0 aromatic rings. The smallest absolute Gasteiger partial charge is 0.00866 e. The van der Waals surface area contributed by atoms with Crippen LogP contribution in [0, 0.1) is 5.92 Å². The van der Waals surface area contributed by atoms with Gasteiger partial charge in [-0.15, -0.1) is 0 Å². The average molecular weight is 171 g/mol. The maximum atomic E-state index is 2.35. The largest absolute Gasteiger partial charge is 0.306 e. The fourth-order valence-corrected chi connectivity index (χ4v) is 1.51. The molecule has 0 aliphatic carbocycles. The van der Waals surface area contributed by atoms with Crippen LogP contribution in [-0.2, 0) is 0 Å². The van der Waals surface area contributed by atoms with Crippen LogP contribution in [0.1, 0.15) is 46.5 Å². The van der Waals surface area contributed by atoms with Gasteiger partial charge in [-0.25, -0.2) is 0 Å². The van der Waals surface area contributed by atoms with Crippen molar-refractivity contribution in [3.63, 3.8) is 0 Å². The Hall–Kier alpha value is -0.0400. The molecule has 0 bridgehead atoms. The molecule has 0 radical (unpaired) electrons. The molecule has 0 heterocycles. The predicted molar refractivity (Wildman–Crippen MR) is 56.5 cm³/mol. The van der Waals surface area contributed by atoms with Crippen molar-refractivity contribution >= 4 is 0 Å². The predicted octanol–water partition coefficient (Wildman–Crippen LogP) is 3.15. The van der Waals surface area contributed by atoms with Gasteiger partial charge in [0.2, 0.25) is 0 Å². The Kier molecular flexibility index (Phi) is 6.45. The minimum absolute atomic E-state index is 0.791. The molecule has 0 fully saturated rings. The minimum Gasteiger partial charge on any atom is -0.306 e. The topological polar surface area (TPSA) is 3.24 Å². The van der Waals surface area contributed by atoms with Crippen LogP contribution in [0.3, 0.4) is 0 Å². The van der Waals surface area contributed by atoms with Crippen LogP contribution < -0.4 is 0 Å². The van der Waals surface area contributed by atoms with E-state index in [0.29, 0.717) is 0 Å². The van der Waals surface area contributed by atoms with E-state index >= 15 is 0 Å². The standard InChI is InChI=1S/C11H25N/c1-6-10(3)8-9-11(7-2)12(4)5/h10-11H,6-9H2,1-5H3/t10-,11+/m0/s1. The SMILES string of the molecule is CC[C@H](C)CC[C@@H](CC)N(C)C. The Morgan fingerprint density at radius 3 is 1.92 bits per heavy atom. The summed E-state index contributed by atoms with van der Waals surface area (Å²) >= 11 is 0. The third kappa shape index (κ3) is 4.76. The molecule has 0 aliphatic heterocycles. The average Bonchev–Trinajstić information content (AvgIpc) is 2.04. The van der Waals surface area contributed by atoms with E-state index in [-0.39, 0.29) is 0 Å². The fourth-order valence-electron chi connectivity index (χ4n) is 1.51. The summed E-state index contributed by atoms with van der Waals surface area (Å²) < 4.78 is 0. The van der Waals surface area contributed by atoms with E-state index in [9.17, 15) is 0 Å². The van der Waals surface area contributed by atoms with E-state index < -0.39 is 0 Å². The van der Waals surface area contributed by atoms with Gasteiger partial charge in [0, 0.05) is 6.04 Å². The molecule has 0 aromatic heterocycles. The Bertz CT molecular complexity index is 99.2. The van der Waals surface area contributed by atoms with Crippen molar-refractivity contribution in [3.8, 4) is 0 Å². The molecule has 0 saturated heterocycles. The molecule has 0 aromatic carbocycles. The van der Waals surface area contributed by atoms with Crippen molar-refractivity contribution in [2.75, 3.05) is 14.1 Å². The van der Waals surface area contributed by atoms with Gasteiger partial charge in [0.25, 0.3) is 0 Å². The summed E-state index contributed by atoms with van der Waals surface area (Å²) in [6.07, 6.45) is 5.35. The molecular formula is C11H25N. The molecule has 0 N–H and O–H groups in total. The van der Waals surface area contributed by atoms with Gasteiger partial charge < -0.3 is 4.90 Å². The minimum atomic E-state index is 0.791. The van der Waals surface area contributed by atoms with Gasteiger partial charge in [-0.1, -0.05) is 27.2 Å². The van der Waals surface area contributed by atoms with Crippen molar-refractivity contribution in [3.05, 3.63) is 0 Å². The summed E-state index contributed by atoms with van der Waals surface area (Å²) in [6.45, 7) is 6.91. The van der Waals surface area contributed by atoms with E-state index in [1.807, 2.05) is 0 Å². The molecule has 0 unspecified atom stereocenters. The highest BCUT2D eigenvalue weighted by Crippen LogP contribution is 2.15. The van der Waals surface area contributed by atoms with E-state index in [1.54, 1.807) is 0 Å². The molecule has 0 rings (SSSR count). The second-order valence-electron chi connectivity index (χ2n) is 4.12. The van der Waals surface area contributed by atoms with Gasteiger partial charge in [-0.05, 0) is 39.3 Å². The molecule has 0 spiro atoms. The first kappa shape index (κ1) is 12.0. The summed E-state index contributed by atoms with van der Waals surface area (Å²) in [5.41, 5.74) is 0. The number of hydrogen-bond donors (Lipinski definition) is 0.